The molecule has 1 heteroatoms. The quantitative estimate of drug-likeness (QED) is 0.651. The summed E-state index contributed by atoms with van der Waals surface area (Å²) in [5, 5.41) is 3.68. The topological polar surface area (TPSA) is 12.0 Å². The highest BCUT2D eigenvalue weighted by molar-refractivity contribution is 5.18. The molecule has 1 N–H and O–H groups in total. The molecule has 0 amide bonds. The SMILES string of the molecule is CCCNC(CCC(C)CCC)c1ccccc1. The predicted octanol–water partition coefficient (Wildman–Crippen LogP) is 4.94. The number of hydrogen-bond donors (Lipinski definition) is 1. The summed E-state index contributed by atoms with van der Waals surface area (Å²) >= 11 is 0. The Morgan fingerprint density at radius 2 is 1.67 bits per heavy atom. The van der Waals surface area contributed by atoms with Crippen LogP contribution in [0.25, 0.3) is 0 Å². The van der Waals surface area contributed by atoms with E-state index in [1.54, 1.807) is 0 Å². The van der Waals surface area contributed by atoms with Gasteiger partial charge in [0, 0.05) is 6.04 Å². The van der Waals surface area contributed by atoms with E-state index in [2.05, 4.69) is 56.4 Å². The smallest absolute Gasteiger partial charge is 0.0320 e. The summed E-state index contributed by atoms with van der Waals surface area (Å²) in [5.74, 6) is 0.852. The van der Waals surface area contributed by atoms with E-state index in [-0.39, 0.29) is 0 Å². The highest BCUT2D eigenvalue weighted by atomic mass is 14.9. The monoisotopic (exact) mass is 247 g/mol. The summed E-state index contributed by atoms with van der Waals surface area (Å²) in [6, 6.07) is 11.4. The maximum atomic E-state index is 3.68. The van der Waals surface area contributed by atoms with Gasteiger partial charge in [0.05, 0.1) is 0 Å². The second kappa shape index (κ2) is 9.16. The molecule has 0 fully saturated rings. The lowest BCUT2D eigenvalue weighted by Gasteiger charge is -2.21. The molecule has 0 bridgehead atoms. The van der Waals surface area contributed by atoms with Crippen molar-refractivity contribution in [2.24, 2.45) is 5.92 Å². The third kappa shape index (κ3) is 5.68. The molecule has 0 saturated carbocycles. The first kappa shape index (κ1) is 15.2. The first-order valence-electron chi connectivity index (χ1n) is 7.56. The van der Waals surface area contributed by atoms with Crippen LogP contribution in [0.1, 0.15) is 64.5 Å². The van der Waals surface area contributed by atoms with Crippen LogP contribution in [-0.2, 0) is 0 Å². The van der Waals surface area contributed by atoms with Crippen LogP contribution in [0.3, 0.4) is 0 Å². The van der Waals surface area contributed by atoms with E-state index >= 15 is 0 Å². The van der Waals surface area contributed by atoms with E-state index in [1.807, 2.05) is 0 Å². The molecule has 2 unspecified atom stereocenters. The van der Waals surface area contributed by atoms with Crippen molar-refractivity contribution in [3.8, 4) is 0 Å². The summed E-state index contributed by atoms with van der Waals surface area (Å²) < 4.78 is 0. The van der Waals surface area contributed by atoms with E-state index in [0.29, 0.717) is 6.04 Å². The van der Waals surface area contributed by atoms with Crippen LogP contribution >= 0.6 is 0 Å². The van der Waals surface area contributed by atoms with Crippen LogP contribution < -0.4 is 5.32 Å². The molecule has 0 aliphatic heterocycles. The predicted molar refractivity (Wildman–Crippen MR) is 80.8 cm³/mol. The minimum Gasteiger partial charge on any atom is -0.310 e. The van der Waals surface area contributed by atoms with Gasteiger partial charge in [-0.1, -0.05) is 63.9 Å². The molecule has 0 radical (unpaired) electrons. The van der Waals surface area contributed by atoms with Crippen molar-refractivity contribution in [3.63, 3.8) is 0 Å². The lowest BCUT2D eigenvalue weighted by atomic mass is 9.94. The van der Waals surface area contributed by atoms with Crippen molar-refractivity contribution < 1.29 is 0 Å². The Morgan fingerprint density at radius 1 is 0.944 bits per heavy atom. The molecule has 0 aliphatic rings. The zero-order chi connectivity index (χ0) is 13.2. The lowest BCUT2D eigenvalue weighted by molar-refractivity contribution is 0.407. The van der Waals surface area contributed by atoms with Crippen LogP contribution in [0.4, 0.5) is 0 Å². The van der Waals surface area contributed by atoms with Gasteiger partial charge in [-0.15, -0.1) is 0 Å². The average Bonchev–Trinajstić information content (AvgIpc) is 2.40. The lowest BCUT2D eigenvalue weighted by Crippen LogP contribution is -2.22. The van der Waals surface area contributed by atoms with E-state index in [1.165, 1.54) is 37.7 Å². The molecule has 0 aliphatic carbocycles. The van der Waals surface area contributed by atoms with E-state index < -0.39 is 0 Å². The molecule has 0 heterocycles. The van der Waals surface area contributed by atoms with E-state index in [4.69, 9.17) is 0 Å². The average molecular weight is 247 g/mol. The molecule has 18 heavy (non-hydrogen) atoms. The van der Waals surface area contributed by atoms with Gasteiger partial charge >= 0.3 is 0 Å². The minimum atomic E-state index is 0.533. The first-order chi connectivity index (χ1) is 8.77. The van der Waals surface area contributed by atoms with Gasteiger partial charge in [-0.25, -0.2) is 0 Å². The van der Waals surface area contributed by atoms with Crippen LogP contribution in [-0.4, -0.2) is 6.54 Å². The van der Waals surface area contributed by atoms with Crippen molar-refractivity contribution in [1.29, 1.82) is 0 Å². The van der Waals surface area contributed by atoms with Crippen molar-refractivity contribution >= 4 is 0 Å². The standard InChI is InChI=1S/C17H29N/c1-4-9-15(3)12-13-17(18-14-5-2)16-10-7-6-8-11-16/h6-8,10-11,15,17-18H,4-5,9,12-14H2,1-3H3. The number of hydrogen-bond acceptors (Lipinski definition) is 1. The third-order valence-corrected chi connectivity index (χ3v) is 3.57. The Labute approximate surface area is 113 Å². The minimum absolute atomic E-state index is 0.533. The highest BCUT2D eigenvalue weighted by Crippen LogP contribution is 2.22. The Morgan fingerprint density at radius 3 is 2.28 bits per heavy atom. The first-order valence-corrected chi connectivity index (χ1v) is 7.56. The van der Waals surface area contributed by atoms with Crippen LogP contribution in [0.5, 0.6) is 0 Å². The Kier molecular flexibility index (Phi) is 7.75. The molecular weight excluding hydrogens is 218 g/mol. The molecule has 1 aromatic carbocycles. The molecule has 1 aromatic rings. The van der Waals surface area contributed by atoms with Crippen molar-refractivity contribution in [2.45, 2.75) is 58.9 Å². The summed E-state index contributed by atoms with van der Waals surface area (Å²) in [4.78, 5) is 0. The van der Waals surface area contributed by atoms with E-state index in [9.17, 15) is 0 Å². The third-order valence-electron chi connectivity index (χ3n) is 3.57. The zero-order valence-electron chi connectivity index (χ0n) is 12.3. The number of rotatable bonds is 9. The van der Waals surface area contributed by atoms with Gasteiger partial charge < -0.3 is 5.32 Å². The van der Waals surface area contributed by atoms with Gasteiger partial charge in [0.2, 0.25) is 0 Å². The van der Waals surface area contributed by atoms with Gasteiger partial charge in [-0.05, 0) is 37.3 Å². The molecule has 102 valence electrons. The molecule has 1 rings (SSSR count). The van der Waals surface area contributed by atoms with Gasteiger partial charge in [0.25, 0.3) is 0 Å². The van der Waals surface area contributed by atoms with Crippen molar-refractivity contribution in [2.75, 3.05) is 6.54 Å². The van der Waals surface area contributed by atoms with Gasteiger partial charge in [0.15, 0.2) is 0 Å². The van der Waals surface area contributed by atoms with Gasteiger partial charge in [-0.3, -0.25) is 0 Å². The van der Waals surface area contributed by atoms with Gasteiger partial charge in [0.1, 0.15) is 0 Å². The van der Waals surface area contributed by atoms with E-state index in [0.717, 1.165) is 12.5 Å². The van der Waals surface area contributed by atoms with Crippen LogP contribution in [0.2, 0.25) is 0 Å². The largest absolute Gasteiger partial charge is 0.310 e. The van der Waals surface area contributed by atoms with Crippen LogP contribution in [0.15, 0.2) is 30.3 Å². The van der Waals surface area contributed by atoms with Gasteiger partial charge in [-0.2, -0.15) is 0 Å². The second-order valence-corrected chi connectivity index (χ2v) is 5.39. The Hall–Kier alpha value is -0.820. The van der Waals surface area contributed by atoms with Crippen molar-refractivity contribution in [3.05, 3.63) is 35.9 Å². The number of nitrogens with one attached hydrogen (secondary N) is 1. The highest BCUT2D eigenvalue weighted by Gasteiger charge is 2.11. The zero-order valence-corrected chi connectivity index (χ0v) is 12.3. The molecule has 0 saturated heterocycles. The van der Waals surface area contributed by atoms with Crippen molar-refractivity contribution in [1.82, 2.24) is 5.32 Å². The molecular formula is C17H29N. The summed E-state index contributed by atoms with van der Waals surface area (Å²) in [5.41, 5.74) is 1.44. The number of benzene rings is 1. The Balaban J connectivity index is 2.51. The fourth-order valence-electron chi connectivity index (χ4n) is 2.48. The normalized spacial score (nSPS) is 14.4. The summed E-state index contributed by atoms with van der Waals surface area (Å²) in [6.07, 6.45) is 6.44. The molecule has 0 aromatic heterocycles. The van der Waals surface area contributed by atoms with Crippen LogP contribution in [0, 0.1) is 5.92 Å². The summed E-state index contributed by atoms with van der Waals surface area (Å²) in [7, 11) is 0. The Bertz CT molecular complexity index is 294. The maximum Gasteiger partial charge on any atom is 0.0320 e. The summed E-state index contributed by atoms with van der Waals surface area (Å²) in [6.45, 7) is 8.00. The fourth-order valence-corrected chi connectivity index (χ4v) is 2.48. The molecule has 1 nitrogen and oxygen atoms in total. The fraction of sp³-hybridized carbons (Fsp3) is 0.647. The maximum absolute atomic E-state index is 3.68. The molecule has 2 atom stereocenters. The molecule has 0 spiro atoms. The second-order valence-electron chi connectivity index (χ2n) is 5.39.